The van der Waals surface area contributed by atoms with E-state index in [1.54, 1.807) is 16.9 Å². The van der Waals surface area contributed by atoms with Crippen LogP contribution in [0, 0.1) is 0 Å². The zero-order chi connectivity index (χ0) is 12.4. The Morgan fingerprint density at radius 3 is 2.65 bits per heavy atom. The highest BCUT2D eigenvalue weighted by Crippen LogP contribution is 2.25. The molecule has 0 aliphatic carbocycles. The highest BCUT2D eigenvalue weighted by molar-refractivity contribution is 9.10. The van der Waals surface area contributed by atoms with Gasteiger partial charge in [-0.05, 0) is 24.3 Å². The maximum absolute atomic E-state index is 12.1. The number of benzene rings is 1. The van der Waals surface area contributed by atoms with E-state index in [9.17, 15) is 4.79 Å². The molecule has 1 aromatic carbocycles. The van der Waals surface area contributed by atoms with E-state index < -0.39 is 0 Å². The molecular weight excluding hydrogens is 284 g/mol. The molecule has 92 valence electrons. The second kappa shape index (κ2) is 5.06. The number of carbonyl (C=O) groups is 1. The largest absolute Gasteiger partial charge is 0.382 e. The van der Waals surface area contributed by atoms with Gasteiger partial charge in [0.25, 0.3) is 0 Å². The molecular formula is C12H15BrN2O2. The van der Waals surface area contributed by atoms with Gasteiger partial charge in [-0.15, -0.1) is 0 Å². The number of likely N-dealkylation sites (N-methyl/N-ethyl adjacent to an activating group) is 1. The summed E-state index contributed by atoms with van der Waals surface area (Å²) in [4.78, 5) is 15.6. The van der Waals surface area contributed by atoms with Crippen LogP contribution in [0.2, 0.25) is 0 Å². The molecule has 0 saturated carbocycles. The van der Waals surface area contributed by atoms with Gasteiger partial charge in [-0.2, -0.15) is 0 Å². The number of hydrogen-bond acceptors (Lipinski definition) is 2. The molecule has 1 saturated heterocycles. The SMILES string of the molecule is COCC1CN(C)C(=O)N1c1ccc(Br)cc1. The van der Waals surface area contributed by atoms with Crippen molar-refractivity contribution in [2.24, 2.45) is 0 Å². The lowest BCUT2D eigenvalue weighted by Crippen LogP contribution is -2.37. The van der Waals surface area contributed by atoms with E-state index in [0.29, 0.717) is 13.2 Å². The fourth-order valence-corrected chi connectivity index (χ4v) is 2.32. The van der Waals surface area contributed by atoms with Crippen LogP contribution < -0.4 is 4.90 Å². The van der Waals surface area contributed by atoms with Gasteiger partial charge in [0.05, 0.1) is 12.6 Å². The Morgan fingerprint density at radius 1 is 1.41 bits per heavy atom. The molecule has 1 aliphatic heterocycles. The number of urea groups is 1. The predicted octanol–water partition coefficient (Wildman–Crippen LogP) is 2.34. The molecule has 1 unspecified atom stereocenters. The summed E-state index contributed by atoms with van der Waals surface area (Å²) in [6.07, 6.45) is 0. The Labute approximate surface area is 109 Å². The molecule has 1 aromatic rings. The van der Waals surface area contributed by atoms with Crippen LogP contribution in [0.4, 0.5) is 10.5 Å². The van der Waals surface area contributed by atoms with Crippen LogP contribution in [0.1, 0.15) is 0 Å². The normalized spacial score (nSPS) is 20.2. The molecule has 4 nitrogen and oxygen atoms in total. The zero-order valence-corrected chi connectivity index (χ0v) is 11.5. The fraction of sp³-hybridized carbons (Fsp3) is 0.417. The van der Waals surface area contributed by atoms with E-state index in [1.807, 2.05) is 31.3 Å². The fourth-order valence-electron chi connectivity index (χ4n) is 2.06. The van der Waals surface area contributed by atoms with Crippen molar-refractivity contribution < 1.29 is 9.53 Å². The second-order valence-corrected chi connectivity index (χ2v) is 5.03. The van der Waals surface area contributed by atoms with Gasteiger partial charge >= 0.3 is 6.03 Å². The smallest absolute Gasteiger partial charge is 0.324 e. The van der Waals surface area contributed by atoms with E-state index in [2.05, 4.69) is 15.9 Å². The average molecular weight is 299 g/mol. The molecule has 1 aliphatic rings. The van der Waals surface area contributed by atoms with E-state index in [1.165, 1.54) is 0 Å². The third-order valence-corrected chi connectivity index (χ3v) is 3.37. The summed E-state index contributed by atoms with van der Waals surface area (Å²) in [6.45, 7) is 1.24. The minimum Gasteiger partial charge on any atom is -0.382 e. The number of amides is 2. The van der Waals surface area contributed by atoms with Crippen LogP contribution in [0.25, 0.3) is 0 Å². The summed E-state index contributed by atoms with van der Waals surface area (Å²) in [5, 5.41) is 0. The maximum atomic E-state index is 12.1. The van der Waals surface area contributed by atoms with Crippen molar-refractivity contribution in [1.29, 1.82) is 0 Å². The van der Waals surface area contributed by atoms with Crippen molar-refractivity contribution in [3.63, 3.8) is 0 Å². The summed E-state index contributed by atoms with van der Waals surface area (Å²) in [7, 11) is 3.46. The van der Waals surface area contributed by atoms with Crippen LogP contribution in [-0.2, 0) is 4.74 Å². The lowest BCUT2D eigenvalue weighted by molar-refractivity contribution is 0.180. The maximum Gasteiger partial charge on any atom is 0.324 e. The zero-order valence-electron chi connectivity index (χ0n) is 9.89. The number of hydrogen-bond donors (Lipinski definition) is 0. The van der Waals surface area contributed by atoms with Crippen LogP contribution >= 0.6 is 15.9 Å². The molecule has 0 bridgehead atoms. The van der Waals surface area contributed by atoms with Crippen LogP contribution in [0.15, 0.2) is 28.7 Å². The Bertz CT molecular complexity index is 407. The standard InChI is InChI=1S/C12H15BrN2O2/c1-14-7-11(8-17-2)15(12(14)16)10-5-3-9(13)4-6-10/h3-6,11H,7-8H2,1-2H3. The van der Waals surface area contributed by atoms with Crippen molar-refractivity contribution in [2.75, 3.05) is 32.2 Å². The number of anilines is 1. The van der Waals surface area contributed by atoms with Gasteiger partial charge < -0.3 is 9.64 Å². The third-order valence-electron chi connectivity index (χ3n) is 2.85. The highest BCUT2D eigenvalue weighted by atomic mass is 79.9. The third kappa shape index (κ3) is 2.45. The summed E-state index contributed by atoms with van der Waals surface area (Å²) < 4.78 is 6.17. The van der Waals surface area contributed by atoms with Gasteiger partial charge in [0.2, 0.25) is 0 Å². The minimum absolute atomic E-state index is 0.0226. The lowest BCUT2D eigenvalue weighted by atomic mass is 10.2. The molecule has 1 atom stereocenters. The number of halogens is 1. The van der Waals surface area contributed by atoms with E-state index in [4.69, 9.17) is 4.74 Å². The predicted molar refractivity (Wildman–Crippen MR) is 70.3 cm³/mol. The summed E-state index contributed by atoms with van der Waals surface area (Å²) in [5.41, 5.74) is 0.907. The molecule has 0 N–H and O–H groups in total. The lowest BCUT2D eigenvalue weighted by Gasteiger charge is -2.22. The van der Waals surface area contributed by atoms with Crippen molar-refractivity contribution in [3.05, 3.63) is 28.7 Å². The number of methoxy groups -OCH3 is 1. The van der Waals surface area contributed by atoms with Gasteiger partial charge in [-0.1, -0.05) is 15.9 Å². The molecule has 2 amide bonds. The van der Waals surface area contributed by atoms with Crippen molar-refractivity contribution in [2.45, 2.75) is 6.04 Å². The molecule has 5 heteroatoms. The molecule has 1 heterocycles. The van der Waals surface area contributed by atoms with E-state index in [0.717, 1.165) is 10.2 Å². The molecule has 0 aromatic heterocycles. The van der Waals surface area contributed by atoms with Gasteiger partial charge in [-0.25, -0.2) is 4.79 Å². The number of carbonyl (C=O) groups excluding carboxylic acids is 1. The van der Waals surface area contributed by atoms with Crippen molar-refractivity contribution >= 4 is 27.6 Å². The number of nitrogens with zero attached hydrogens (tertiary/aromatic N) is 2. The second-order valence-electron chi connectivity index (χ2n) is 4.12. The van der Waals surface area contributed by atoms with Gasteiger partial charge in [0.1, 0.15) is 0 Å². The first kappa shape index (κ1) is 12.4. The van der Waals surface area contributed by atoms with Crippen molar-refractivity contribution in [1.82, 2.24) is 4.90 Å². The highest BCUT2D eigenvalue weighted by Gasteiger charge is 2.35. The molecule has 2 rings (SSSR count). The monoisotopic (exact) mass is 298 g/mol. The van der Waals surface area contributed by atoms with Crippen LogP contribution in [-0.4, -0.2) is 44.3 Å². The van der Waals surface area contributed by atoms with Crippen LogP contribution in [0.5, 0.6) is 0 Å². The van der Waals surface area contributed by atoms with Gasteiger partial charge in [0.15, 0.2) is 0 Å². The average Bonchev–Trinajstić information content (AvgIpc) is 2.57. The van der Waals surface area contributed by atoms with Crippen LogP contribution in [0.3, 0.4) is 0 Å². The molecule has 0 radical (unpaired) electrons. The first-order chi connectivity index (χ1) is 8.13. The first-order valence-corrected chi connectivity index (χ1v) is 6.21. The van der Waals surface area contributed by atoms with Gasteiger partial charge in [-0.3, -0.25) is 4.90 Å². The Hall–Kier alpha value is -1.07. The summed E-state index contributed by atoms with van der Waals surface area (Å²) >= 11 is 3.39. The number of ether oxygens (including phenoxy) is 1. The Balaban J connectivity index is 2.27. The summed E-state index contributed by atoms with van der Waals surface area (Å²) in [5.74, 6) is 0. The van der Waals surface area contributed by atoms with E-state index in [-0.39, 0.29) is 12.1 Å². The van der Waals surface area contributed by atoms with Gasteiger partial charge in [0, 0.05) is 30.9 Å². The number of rotatable bonds is 3. The Kier molecular flexibility index (Phi) is 3.69. The topological polar surface area (TPSA) is 32.8 Å². The molecule has 1 fully saturated rings. The first-order valence-electron chi connectivity index (χ1n) is 5.42. The molecule has 17 heavy (non-hydrogen) atoms. The minimum atomic E-state index is 0.0226. The summed E-state index contributed by atoms with van der Waals surface area (Å²) in [6, 6.07) is 7.84. The van der Waals surface area contributed by atoms with Crippen molar-refractivity contribution in [3.8, 4) is 0 Å². The quantitative estimate of drug-likeness (QED) is 0.858. The van der Waals surface area contributed by atoms with E-state index >= 15 is 0 Å². The Morgan fingerprint density at radius 2 is 2.06 bits per heavy atom. The molecule has 0 spiro atoms.